The molecular formula is C31H28ClN5O5. The summed E-state index contributed by atoms with van der Waals surface area (Å²) in [7, 11) is 0. The predicted octanol–water partition coefficient (Wildman–Crippen LogP) is 5.36. The first-order chi connectivity index (χ1) is 20.3. The van der Waals surface area contributed by atoms with Crippen molar-refractivity contribution in [2.45, 2.75) is 38.6 Å². The monoisotopic (exact) mass is 585 g/mol. The van der Waals surface area contributed by atoms with E-state index >= 15 is 0 Å². The molecule has 1 amide bonds. The summed E-state index contributed by atoms with van der Waals surface area (Å²) in [6, 6.07) is 23.0. The number of halogens is 1. The quantitative estimate of drug-likeness (QED) is 0.189. The van der Waals surface area contributed by atoms with Gasteiger partial charge in [0.1, 0.15) is 5.76 Å². The normalized spacial score (nSPS) is 11.8. The maximum absolute atomic E-state index is 13.2. The zero-order valence-corrected chi connectivity index (χ0v) is 23.5. The molecule has 1 unspecified atom stereocenters. The van der Waals surface area contributed by atoms with Gasteiger partial charge in [0.2, 0.25) is 0 Å². The number of hydrogen-bond donors (Lipinski definition) is 3. The van der Waals surface area contributed by atoms with Crippen molar-refractivity contribution in [1.82, 2.24) is 25.5 Å². The minimum atomic E-state index is -1.06. The molecule has 0 aliphatic heterocycles. The molecule has 42 heavy (non-hydrogen) atoms. The topological polar surface area (TPSA) is 143 Å². The first kappa shape index (κ1) is 28.6. The van der Waals surface area contributed by atoms with Crippen LogP contribution in [0.15, 0.2) is 88.1 Å². The number of para-hydroxylation sites is 1. The summed E-state index contributed by atoms with van der Waals surface area (Å²) in [5.74, 6) is -0.803. The van der Waals surface area contributed by atoms with Gasteiger partial charge in [-0.2, -0.15) is 4.68 Å². The van der Waals surface area contributed by atoms with E-state index in [2.05, 4.69) is 20.8 Å². The van der Waals surface area contributed by atoms with Crippen LogP contribution in [0, 0.1) is 0 Å². The van der Waals surface area contributed by atoms with Gasteiger partial charge in [-0.15, -0.1) is 0 Å². The second kappa shape index (κ2) is 12.7. The fourth-order valence-electron chi connectivity index (χ4n) is 4.85. The van der Waals surface area contributed by atoms with Gasteiger partial charge >= 0.3 is 11.7 Å². The standard InChI is InChI=1S/C31H28ClN5O5/c1-2-7-21-17-28(30(40)33-25(18-29(38)39)23-9-3-5-10-24(23)32)42-27(21)16-19-12-14-20(15-13-19)22-8-4-6-11-26(22)37-31(41)34-35-36-37/h3-6,8-15,17,25H,2,7,16,18H2,1H3,(H,33,40)(H,38,39)(H,34,36,41). The van der Waals surface area contributed by atoms with E-state index in [-0.39, 0.29) is 12.2 Å². The summed E-state index contributed by atoms with van der Waals surface area (Å²) in [4.78, 5) is 36.8. The Hall–Kier alpha value is -4.96. The van der Waals surface area contributed by atoms with Crippen molar-refractivity contribution >= 4 is 23.5 Å². The summed E-state index contributed by atoms with van der Waals surface area (Å²) < 4.78 is 7.26. The number of carbonyl (C=O) groups is 2. The number of nitrogens with one attached hydrogen (secondary N) is 2. The SMILES string of the molecule is CCCc1cc(C(=O)NC(CC(=O)O)c2ccccc2Cl)oc1Cc1ccc(-c2ccccc2-n2nn[nH]c2=O)cc1. The average Bonchev–Trinajstić information content (AvgIpc) is 3.59. The van der Waals surface area contributed by atoms with Crippen LogP contribution in [-0.4, -0.2) is 37.2 Å². The molecular weight excluding hydrogens is 558 g/mol. The molecule has 0 saturated heterocycles. The molecule has 3 aromatic carbocycles. The van der Waals surface area contributed by atoms with Crippen LogP contribution in [0.25, 0.3) is 16.8 Å². The third-order valence-corrected chi connectivity index (χ3v) is 7.18. The molecule has 0 radical (unpaired) electrons. The Labute approximate surface area is 245 Å². The molecule has 0 spiro atoms. The molecule has 0 bridgehead atoms. The summed E-state index contributed by atoms with van der Waals surface area (Å²) in [6.07, 6.45) is 1.70. The number of aromatic amines is 1. The third kappa shape index (κ3) is 6.34. The first-order valence-corrected chi connectivity index (χ1v) is 13.8. The van der Waals surface area contributed by atoms with Crippen LogP contribution < -0.4 is 11.0 Å². The van der Waals surface area contributed by atoms with E-state index < -0.39 is 23.6 Å². The van der Waals surface area contributed by atoms with E-state index in [9.17, 15) is 19.5 Å². The lowest BCUT2D eigenvalue weighted by molar-refractivity contribution is -0.137. The smallest absolute Gasteiger partial charge is 0.365 e. The van der Waals surface area contributed by atoms with Crippen molar-refractivity contribution in [3.8, 4) is 16.8 Å². The van der Waals surface area contributed by atoms with Crippen LogP contribution in [-0.2, 0) is 17.6 Å². The Kier molecular flexibility index (Phi) is 8.63. The van der Waals surface area contributed by atoms with Crippen molar-refractivity contribution in [2.75, 3.05) is 0 Å². The fourth-order valence-corrected chi connectivity index (χ4v) is 5.12. The van der Waals surface area contributed by atoms with Gasteiger partial charge in [-0.25, -0.2) is 9.89 Å². The van der Waals surface area contributed by atoms with Crippen molar-refractivity contribution in [1.29, 1.82) is 0 Å². The van der Waals surface area contributed by atoms with E-state index in [0.29, 0.717) is 34.9 Å². The lowest BCUT2D eigenvalue weighted by Gasteiger charge is -2.18. The summed E-state index contributed by atoms with van der Waals surface area (Å²) >= 11 is 6.29. The van der Waals surface area contributed by atoms with Crippen LogP contribution in [0.3, 0.4) is 0 Å². The predicted molar refractivity (Wildman–Crippen MR) is 157 cm³/mol. The van der Waals surface area contributed by atoms with Gasteiger partial charge < -0.3 is 14.8 Å². The van der Waals surface area contributed by atoms with Gasteiger partial charge in [-0.1, -0.05) is 85.6 Å². The first-order valence-electron chi connectivity index (χ1n) is 13.4. The number of aromatic nitrogens is 4. The van der Waals surface area contributed by atoms with Crippen LogP contribution in [0.1, 0.15) is 58.8 Å². The molecule has 1 atom stereocenters. The molecule has 0 fully saturated rings. The van der Waals surface area contributed by atoms with Gasteiger partial charge in [0.05, 0.1) is 18.2 Å². The van der Waals surface area contributed by atoms with Gasteiger partial charge in [0, 0.05) is 17.0 Å². The number of tetrazole rings is 1. The van der Waals surface area contributed by atoms with Crippen molar-refractivity contribution in [3.63, 3.8) is 0 Å². The maximum Gasteiger partial charge on any atom is 0.365 e. The number of aryl methyl sites for hydroxylation is 1. The Morgan fingerprint density at radius 3 is 2.50 bits per heavy atom. The van der Waals surface area contributed by atoms with E-state index in [0.717, 1.165) is 28.7 Å². The highest BCUT2D eigenvalue weighted by atomic mass is 35.5. The van der Waals surface area contributed by atoms with Crippen molar-refractivity contribution in [3.05, 3.63) is 123 Å². The van der Waals surface area contributed by atoms with Gasteiger partial charge in [0.15, 0.2) is 5.76 Å². The molecule has 2 heterocycles. The number of carbonyl (C=O) groups excluding carboxylic acids is 1. The lowest BCUT2D eigenvalue weighted by atomic mass is 9.99. The van der Waals surface area contributed by atoms with Crippen molar-refractivity contribution in [2.24, 2.45) is 0 Å². The Morgan fingerprint density at radius 2 is 1.81 bits per heavy atom. The van der Waals surface area contributed by atoms with Crippen LogP contribution in [0.2, 0.25) is 5.02 Å². The van der Waals surface area contributed by atoms with Gasteiger partial charge in [0.25, 0.3) is 5.91 Å². The number of benzene rings is 3. The molecule has 0 aliphatic rings. The number of rotatable bonds is 11. The molecule has 0 aliphatic carbocycles. The highest BCUT2D eigenvalue weighted by Gasteiger charge is 2.24. The number of nitrogens with zero attached hydrogens (tertiary/aromatic N) is 3. The van der Waals surface area contributed by atoms with Gasteiger partial charge in [-0.05, 0) is 57.3 Å². The second-order valence-corrected chi connectivity index (χ2v) is 10.2. The fraction of sp³-hybridized carbons (Fsp3) is 0.194. The number of hydrogen-bond acceptors (Lipinski definition) is 6. The second-order valence-electron chi connectivity index (χ2n) is 9.76. The van der Waals surface area contributed by atoms with E-state index in [1.807, 2.05) is 49.4 Å². The molecule has 11 heteroatoms. The Morgan fingerprint density at radius 1 is 1.07 bits per heavy atom. The van der Waals surface area contributed by atoms with E-state index in [1.165, 1.54) is 4.68 Å². The van der Waals surface area contributed by atoms with Gasteiger partial charge in [-0.3, -0.25) is 9.59 Å². The zero-order chi connectivity index (χ0) is 29.6. The minimum Gasteiger partial charge on any atom is -0.481 e. The maximum atomic E-state index is 13.2. The largest absolute Gasteiger partial charge is 0.481 e. The van der Waals surface area contributed by atoms with E-state index in [4.69, 9.17) is 16.0 Å². The van der Waals surface area contributed by atoms with E-state index in [1.54, 1.807) is 36.4 Å². The lowest BCUT2D eigenvalue weighted by Crippen LogP contribution is -2.30. The molecule has 5 rings (SSSR count). The molecule has 2 aromatic heterocycles. The molecule has 5 aromatic rings. The Balaban J connectivity index is 1.37. The molecule has 0 saturated carbocycles. The number of carboxylic acids is 1. The summed E-state index contributed by atoms with van der Waals surface area (Å²) in [5.41, 5.74) is 4.28. The highest BCUT2D eigenvalue weighted by Crippen LogP contribution is 2.29. The van der Waals surface area contributed by atoms with Crippen LogP contribution >= 0.6 is 11.6 Å². The summed E-state index contributed by atoms with van der Waals surface area (Å²) in [6.45, 7) is 2.04. The van der Waals surface area contributed by atoms with Crippen LogP contribution in [0.4, 0.5) is 0 Å². The zero-order valence-electron chi connectivity index (χ0n) is 22.7. The third-order valence-electron chi connectivity index (χ3n) is 6.84. The highest BCUT2D eigenvalue weighted by molar-refractivity contribution is 6.31. The number of H-pyrrole nitrogens is 1. The number of amides is 1. The molecule has 3 N–H and O–H groups in total. The number of furan rings is 1. The molecule has 10 nitrogen and oxygen atoms in total. The summed E-state index contributed by atoms with van der Waals surface area (Å²) in [5, 5.41) is 22.3. The van der Waals surface area contributed by atoms with Crippen LogP contribution in [0.5, 0.6) is 0 Å². The minimum absolute atomic E-state index is 0.111. The van der Waals surface area contributed by atoms with Crippen molar-refractivity contribution < 1.29 is 19.1 Å². The average molecular weight is 586 g/mol. The number of aliphatic carboxylic acids is 1. The number of carboxylic acid groups (broad SMARTS) is 1. The molecule has 214 valence electrons. The Bertz CT molecular complexity index is 1770.